The molecule has 0 aliphatic heterocycles. The predicted molar refractivity (Wildman–Crippen MR) is 142 cm³/mol. The van der Waals surface area contributed by atoms with Crippen LogP contribution in [0.15, 0.2) is 42.5 Å². The van der Waals surface area contributed by atoms with E-state index >= 15 is 0 Å². The summed E-state index contributed by atoms with van der Waals surface area (Å²) in [6.07, 6.45) is 1.93. The van der Waals surface area contributed by atoms with E-state index in [1.807, 2.05) is 32.9 Å². The largest absolute Gasteiger partial charge is 0.355 e. The molecule has 0 aromatic heterocycles. The first kappa shape index (κ1) is 28.9. The van der Waals surface area contributed by atoms with Crippen LogP contribution in [0.5, 0.6) is 0 Å². The molecule has 0 heterocycles. The summed E-state index contributed by atoms with van der Waals surface area (Å²) in [6.45, 7) is 6.22. The fourth-order valence-electron chi connectivity index (χ4n) is 3.87. The van der Waals surface area contributed by atoms with Gasteiger partial charge in [0, 0.05) is 36.1 Å². The minimum Gasteiger partial charge on any atom is -0.355 e. The molecule has 35 heavy (non-hydrogen) atoms. The second-order valence-electron chi connectivity index (χ2n) is 8.30. The summed E-state index contributed by atoms with van der Waals surface area (Å²) >= 11 is 12.4. The van der Waals surface area contributed by atoms with Crippen molar-refractivity contribution in [3.8, 4) is 0 Å². The number of likely N-dealkylation sites (N-methyl/N-ethyl adjacent to an activating group) is 1. The lowest BCUT2D eigenvalue weighted by Crippen LogP contribution is -2.49. The fraction of sp³-hybridized carbons (Fsp3) is 0.440. The van der Waals surface area contributed by atoms with Gasteiger partial charge in [-0.05, 0) is 56.0 Å². The third-order valence-corrected chi connectivity index (χ3v) is 7.40. The second kappa shape index (κ2) is 13.1. The Hall–Kier alpha value is -2.29. The van der Waals surface area contributed by atoms with Crippen LogP contribution in [0.2, 0.25) is 10.0 Å². The zero-order valence-electron chi connectivity index (χ0n) is 20.6. The van der Waals surface area contributed by atoms with E-state index in [2.05, 4.69) is 5.32 Å². The Labute approximate surface area is 218 Å². The van der Waals surface area contributed by atoms with Crippen LogP contribution in [0.4, 0.5) is 5.69 Å². The topological polar surface area (TPSA) is 86.8 Å². The highest BCUT2D eigenvalue weighted by molar-refractivity contribution is 7.92. The molecular weight excluding hydrogens is 509 g/mol. The molecular formula is C25H33Cl2N3O4S. The fourth-order valence-corrected chi connectivity index (χ4v) is 5.36. The van der Waals surface area contributed by atoms with Crippen LogP contribution in [-0.2, 0) is 26.2 Å². The minimum atomic E-state index is -3.54. The zero-order valence-corrected chi connectivity index (χ0v) is 22.9. The number of aryl methyl sites for hydroxylation is 1. The number of sulfonamides is 1. The van der Waals surface area contributed by atoms with Crippen LogP contribution in [0, 0.1) is 6.92 Å². The van der Waals surface area contributed by atoms with E-state index in [1.54, 1.807) is 30.3 Å². The summed E-state index contributed by atoms with van der Waals surface area (Å²) in [5.41, 5.74) is 2.08. The normalized spacial score (nSPS) is 12.2. The van der Waals surface area contributed by atoms with Gasteiger partial charge in [-0.15, -0.1) is 0 Å². The number of anilines is 1. The van der Waals surface area contributed by atoms with Gasteiger partial charge in [0.15, 0.2) is 0 Å². The molecule has 2 aromatic carbocycles. The van der Waals surface area contributed by atoms with Crippen molar-refractivity contribution in [3.63, 3.8) is 0 Å². The van der Waals surface area contributed by atoms with E-state index < -0.39 is 16.1 Å². The van der Waals surface area contributed by atoms with Gasteiger partial charge in [0.05, 0.1) is 11.9 Å². The van der Waals surface area contributed by atoms with Crippen molar-refractivity contribution in [2.75, 3.05) is 23.7 Å². The van der Waals surface area contributed by atoms with Crippen LogP contribution in [0.1, 0.15) is 44.2 Å². The number of carbonyl (C=O) groups excluding carboxylic acids is 2. The quantitative estimate of drug-likeness (QED) is 0.418. The van der Waals surface area contributed by atoms with Gasteiger partial charge in [-0.1, -0.05) is 54.4 Å². The van der Waals surface area contributed by atoms with Gasteiger partial charge in [0.2, 0.25) is 21.8 Å². The highest BCUT2D eigenvalue weighted by Crippen LogP contribution is 2.25. The van der Waals surface area contributed by atoms with E-state index in [4.69, 9.17) is 23.2 Å². The molecule has 7 nitrogen and oxygen atoms in total. The maximum Gasteiger partial charge on any atom is 0.242 e. The number of nitrogens with one attached hydrogen (secondary N) is 1. The first-order valence-corrected chi connectivity index (χ1v) is 14.1. The molecule has 0 saturated heterocycles. The van der Waals surface area contributed by atoms with E-state index in [-0.39, 0.29) is 37.7 Å². The third kappa shape index (κ3) is 8.12. The molecule has 0 unspecified atom stereocenters. The van der Waals surface area contributed by atoms with Gasteiger partial charge in [-0.25, -0.2) is 8.42 Å². The van der Waals surface area contributed by atoms with Crippen molar-refractivity contribution in [1.29, 1.82) is 0 Å². The Kier molecular flexibility index (Phi) is 10.9. The minimum absolute atomic E-state index is 0.0685. The maximum absolute atomic E-state index is 13.4. The van der Waals surface area contributed by atoms with Crippen molar-refractivity contribution >= 4 is 50.7 Å². The Morgan fingerprint density at radius 1 is 1.09 bits per heavy atom. The lowest BCUT2D eigenvalue weighted by atomic mass is 10.1. The average Bonchev–Trinajstić information content (AvgIpc) is 2.78. The number of hydrogen-bond donors (Lipinski definition) is 1. The van der Waals surface area contributed by atoms with Gasteiger partial charge < -0.3 is 10.2 Å². The lowest BCUT2D eigenvalue weighted by molar-refractivity contribution is -0.141. The van der Waals surface area contributed by atoms with Crippen molar-refractivity contribution in [2.24, 2.45) is 0 Å². The number of benzene rings is 2. The molecule has 1 N–H and O–H groups in total. The molecule has 0 spiro atoms. The molecule has 0 bridgehead atoms. The molecule has 2 amide bonds. The highest BCUT2D eigenvalue weighted by atomic mass is 35.5. The van der Waals surface area contributed by atoms with Crippen LogP contribution in [0.3, 0.4) is 0 Å². The molecule has 2 rings (SSSR count). The van der Waals surface area contributed by atoms with E-state index in [0.29, 0.717) is 34.3 Å². The van der Waals surface area contributed by atoms with Crippen molar-refractivity contribution < 1.29 is 18.0 Å². The van der Waals surface area contributed by atoms with Gasteiger partial charge in [0.1, 0.15) is 6.04 Å². The molecule has 0 saturated carbocycles. The number of nitrogens with zero attached hydrogens (tertiary/aromatic N) is 2. The number of amides is 2. The summed E-state index contributed by atoms with van der Waals surface area (Å²) in [7, 11) is -3.54. The highest BCUT2D eigenvalue weighted by Gasteiger charge is 2.29. The second-order valence-corrected chi connectivity index (χ2v) is 11.1. The number of carbonyl (C=O) groups is 2. The summed E-state index contributed by atoms with van der Waals surface area (Å²) in [5, 5.41) is 3.67. The molecule has 0 aliphatic carbocycles. The maximum atomic E-state index is 13.4. The molecule has 1 atom stereocenters. The summed E-state index contributed by atoms with van der Waals surface area (Å²) in [4.78, 5) is 27.6. The molecule has 10 heteroatoms. The molecule has 0 aliphatic rings. The summed E-state index contributed by atoms with van der Waals surface area (Å²) < 4.78 is 26.3. The Morgan fingerprint density at radius 3 is 2.34 bits per heavy atom. The van der Waals surface area contributed by atoms with Crippen LogP contribution < -0.4 is 9.62 Å². The monoisotopic (exact) mass is 541 g/mol. The van der Waals surface area contributed by atoms with Crippen molar-refractivity contribution in [3.05, 3.63) is 63.6 Å². The van der Waals surface area contributed by atoms with Crippen molar-refractivity contribution in [2.45, 2.75) is 52.6 Å². The van der Waals surface area contributed by atoms with E-state index in [9.17, 15) is 18.0 Å². The Balaban J connectivity index is 2.25. The number of para-hydroxylation sites is 1. The van der Waals surface area contributed by atoms with Crippen LogP contribution in [-0.4, -0.2) is 50.5 Å². The van der Waals surface area contributed by atoms with Gasteiger partial charge in [0.25, 0.3) is 0 Å². The predicted octanol–water partition coefficient (Wildman–Crippen LogP) is 4.79. The Morgan fingerprint density at radius 2 is 1.77 bits per heavy atom. The standard InChI is InChI=1S/C25H33Cl2N3O4S/c1-5-22(25(32)28-6-2)29(17-19-13-14-20(26)16-21(19)27)24(31)12-9-15-30(35(4,33)34)23-11-8-7-10-18(23)3/h7-8,10-11,13-14,16,22H,5-6,9,12,15,17H2,1-4H3,(H,28,32)/t22-/m1/s1. The molecule has 0 fully saturated rings. The van der Waals surface area contributed by atoms with E-state index in [0.717, 1.165) is 11.8 Å². The molecule has 0 radical (unpaired) electrons. The molecule has 2 aromatic rings. The van der Waals surface area contributed by atoms with E-state index in [1.165, 1.54) is 9.21 Å². The van der Waals surface area contributed by atoms with Gasteiger partial charge >= 0.3 is 0 Å². The Bertz CT molecular complexity index is 1140. The summed E-state index contributed by atoms with van der Waals surface area (Å²) in [6, 6.07) is 11.5. The number of hydrogen-bond acceptors (Lipinski definition) is 4. The van der Waals surface area contributed by atoms with Crippen molar-refractivity contribution in [1.82, 2.24) is 10.2 Å². The third-order valence-electron chi connectivity index (χ3n) is 5.63. The number of halogens is 2. The van der Waals surface area contributed by atoms with Crippen LogP contribution >= 0.6 is 23.2 Å². The SMILES string of the molecule is CCNC(=O)[C@@H](CC)N(Cc1ccc(Cl)cc1Cl)C(=O)CCCN(c1ccccc1C)S(C)(=O)=O. The van der Waals surface area contributed by atoms with Crippen LogP contribution in [0.25, 0.3) is 0 Å². The lowest BCUT2D eigenvalue weighted by Gasteiger charge is -2.31. The first-order chi connectivity index (χ1) is 16.5. The number of rotatable bonds is 12. The van der Waals surface area contributed by atoms with Gasteiger partial charge in [-0.2, -0.15) is 0 Å². The molecule has 192 valence electrons. The van der Waals surface area contributed by atoms with Gasteiger partial charge in [-0.3, -0.25) is 13.9 Å². The summed E-state index contributed by atoms with van der Waals surface area (Å²) in [5.74, 6) is -0.501. The smallest absolute Gasteiger partial charge is 0.242 e. The zero-order chi connectivity index (χ0) is 26.2. The first-order valence-electron chi connectivity index (χ1n) is 11.5. The average molecular weight is 543 g/mol.